The van der Waals surface area contributed by atoms with Crippen molar-refractivity contribution in [3.63, 3.8) is 0 Å². The molecule has 1 aliphatic carbocycles. The molecule has 0 bridgehead atoms. The van der Waals surface area contributed by atoms with Gasteiger partial charge in [-0.1, -0.05) is 49.6 Å². The maximum Gasteiger partial charge on any atom is -0.000556 e. The van der Waals surface area contributed by atoms with Crippen LogP contribution in [0.5, 0.6) is 0 Å². The van der Waals surface area contributed by atoms with Crippen LogP contribution in [-0.2, 0) is 0 Å². The van der Waals surface area contributed by atoms with Crippen LogP contribution >= 0.6 is 0 Å². The van der Waals surface area contributed by atoms with Crippen molar-refractivity contribution in [2.45, 2.75) is 38.0 Å². The Morgan fingerprint density at radius 1 is 1.07 bits per heavy atom. The van der Waals surface area contributed by atoms with Gasteiger partial charge in [-0.2, -0.15) is 0 Å². The first-order chi connectivity index (χ1) is 7.42. The van der Waals surface area contributed by atoms with Crippen molar-refractivity contribution in [1.82, 2.24) is 0 Å². The van der Waals surface area contributed by atoms with Gasteiger partial charge in [-0.15, -0.1) is 0 Å². The summed E-state index contributed by atoms with van der Waals surface area (Å²) in [6.07, 6.45) is 6.96. The molecule has 0 radical (unpaired) electrons. The van der Waals surface area contributed by atoms with Crippen LogP contribution in [0, 0.1) is 5.92 Å². The molecule has 0 unspecified atom stereocenters. The Balaban J connectivity index is 2.09. The highest BCUT2D eigenvalue weighted by atomic mass is 14.6. The van der Waals surface area contributed by atoms with Crippen LogP contribution in [0.25, 0.3) is 0 Å². The predicted molar refractivity (Wildman–Crippen MR) is 64.8 cm³/mol. The van der Waals surface area contributed by atoms with E-state index in [1.807, 2.05) is 0 Å². The zero-order valence-corrected chi connectivity index (χ0v) is 9.36. The minimum atomic E-state index is 0.589. The van der Waals surface area contributed by atoms with Crippen molar-refractivity contribution < 1.29 is 0 Å². The van der Waals surface area contributed by atoms with Gasteiger partial charge in [0.25, 0.3) is 0 Å². The molecule has 1 heteroatoms. The zero-order chi connectivity index (χ0) is 10.5. The molecule has 1 nitrogen and oxygen atoms in total. The molecule has 1 aromatic carbocycles. The minimum absolute atomic E-state index is 0.589. The van der Waals surface area contributed by atoms with E-state index < -0.39 is 0 Å². The number of rotatable bonds is 3. The third-order valence-electron chi connectivity index (χ3n) is 3.70. The molecule has 82 valence electrons. The van der Waals surface area contributed by atoms with Gasteiger partial charge in [0.15, 0.2) is 0 Å². The van der Waals surface area contributed by atoms with Crippen molar-refractivity contribution in [3.8, 4) is 0 Å². The molecule has 0 heterocycles. The lowest BCUT2D eigenvalue weighted by Crippen LogP contribution is -2.23. The highest BCUT2D eigenvalue weighted by Crippen LogP contribution is 2.35. The lowest BCUT2D eigenvalue weighted by Gasteiger charge is -2.29. The Bertz CT molecular complexity index is 275. The highest BCUT2D eigenvalue weighted by Gasteiger charge is 2.23. The Hall–Kier alpha value is -0.820. The molecule has 0 amide bonds. The van der Waals surface area contributed by atoms with E-state index in [9.17, 15) is 0 Å². The first-order valence-corrected chi connectivity index (χ1v) is 6.17. The summed E-state index contributed by atoms with van der Waals surface area (Å²) in [5.41, 5.74) is 7.37. The predicted octanol–water partition coefficient (Wildman–Crippen LogP) is 3.31. The fourth-order valence-electron chi connectivity index (χ4n) is 2.84. The summed E-state index contributed by atoms with van der Waals surface area (Å²) >= 11 is 0. The van der Waals surface area contributed by atoms with Gasteiger partial charge in [-0.3, -0.25) is 0 Å². The van der Waals surface area contributed by atoms with Crippen molar-refractivity contribution in [3.05, 3.63) is 35.9 Å². The molecule has 1 fully saturated rings. The minimum Gasteiger partial charge on any atom is -0.330 e. The Morgan fingerprint density at radius 3 is 2.33 bits per heavy atom. The smallest absolute Gasteiger partial charge is 0.000556 e. The summed E-state index contributed by atoms with van der Waals surface area (Å²) in [7, 11) is 0. The summed E-state index contributed by atoms with van der Waals surface area (Å²) in [4.78, 5) is 0. The summed E-state index contributed by atoms with van der Waals surface area (Å²) in [6.45, 7) is 0.800. The summed E-state index contributed by atoms with van der Waals surface area (Å²) in [5.74, 6) is 1.41. The average Bonchev–Trinajstić information content (AvgIpc) is 2.33. The van der Waals surface area contributed by atoms with Crippen LogP contribution in [0.4, 0.5) is 0 Å². The third kappa shape index (κ3) is 2.60. The maximum absolute atomic E-state index is 5.94. The molecule has 1 aromatic rings. The molecular weight excluding hydrogens is 182 g/mol. The standard InChI is InChI=1S/C14H21N/c15-11-14(12-7-3-1-4-8-12)13-9-5-2-6-10-13/h1,3-4,7-8,13-14H,2,5-6,9-11,15H2/t14-/m1/s1. The Kier molecular flexibility index (Phi) is 3.79. The van der Waals surface area contributed by atoms with Crippen molar-refractivity contribution in [2.24, 2.45) is 11.7 Å². The van der Waals surface area contributed by atoms with Crippen LogP contribution in [0.1, 0.15) is 43.6 Å². The summed E-state index contributed by atoms with van der Waals surface area (Å²) in [5, 5.41) is 0. The van der Waals surface area contributed by atoms with E-state index in [1.54, 1.807) is 0 Å². The van der Waals surface area contributed by atoms with Gasteiger partial charge >= 0.3 is 0 Å². The molecule has 2 N–H and O–H groups in total. The lowest BCUT2D eigenvalue weighted by molar-refractivity contribution is 0.307. The van der Waals surface area contributed by atoms with E-state index >= 15 is 0 Å². The molecule has 0 saturated heterocycles. The Morgan fingerprint density at radius 2 is 1.73 bits per heavy atom. The van der Waals surface area contributed by atoms with Crippen molar-refractivity contribution >= 4 is 0 Å². The van der Waals surface area contributed by atoms with E-state index in [0.717, 1.165) is 12.5 Å². The number of benzene rings is 1. The lowest BCUT2D eigenvalue weighted by atomic mass is 9.77. The SMILES string of the molecule is NC[C@H](c1ccccc1)C1CCCCC1. The van der Waals surface area contributed by atoms with Gasteiger partial charge in [-0.25, -0.2) is 0 Å². The van der Waals surface area contributed by atoms with E-state index in [1.165, 1.54) is 37.7 Å². The molecule has 0 spiro atoms. The van der Waals surface area contributed by atoms with E-state index in [2.05, 4.69) is 30.3 Å². The summed E-state index contributed by atoms with van der Waals surface area (Å²) < 4.78 is 0. The third-order valence-corrected chi connectivity index (χ3v) is 3.70. The fraction of sp³-hybridized carbons (Fsp3) is 0.571. The fourth-order valence-corrected chi connectivity index (χ4v) is 2.84. The molecule has 0 aliphatic heterocycles. The Labute approximate surface area is 92.7 Å². The van der Waals surface area contributed by atoms with E-state index in [0.29, 0.717) is 5.92 Å². The molecule has 1 aliphatic rings. The largest absolute Gasteiger partial charge is 0.330 e. The first-order valence-electron chi connectivity index (χ1n) is 6.17. The topological polar surface area (TPSA) is 26.0 Å². The van der Waals surface area contributed by atoms with Gasteiger partial charge in [0, 0.05) is 0 Å². The first kappa shape index (κ1) is 10.7. The van der Waals surface area contributed by atoms with Gasteiger partial charge < -0.3 is 5.73 Å². The second-order valence-electron chi connectivity index (χ2n) is 4.65. The van der Waals surface area contributed by atoms with E-state index in [4.69, 9.17) is 5.73 Å². The van der Waals surface area contributed by atoms with Gasteiger partial charge in [-0.05, 0) is 36.8 Å². The second-order valence-corrected chi connectivity index (χ2v) is 4.65. The maximum atomic E-state index is 5.94. The van der Waals surface area contributed by atoms with Crippen LogP contribution in [0.15, 0.2) is 30.3 Å². The van der Waals surface area contributed by atoms with Gasteiger partial charge in [0.1, 0.15) is 0 Å². The molecule has 15 heavy (non-hydrogen) atoms. The van der Waals surface area contributed by atoms with Crippen molar-refractivity contribution in [2.75, 3.05) is 6.54 Å². The average molecular weight is 203 g/mol. The number of hydrogen-bond acceptors (Lipinski definition) is 1. The normalized spacial score (nSPS) is 20.1. The van der Waals surface area contributed by atoms with Gasteiger partial charge in [0.05, 0.1) is 0 Å². The highest BCUT2D eigenvalue weighted by molar-refractivity contribution is 5.20. The molecule has 0 aromatic heterocycles. The quantitative estimate of drug-likeness (QED) is 0.801. The van der Waals surface area contributed by atoms with Crippen molar-refractivity contribution in [1.29, 1.82) is 0 Å². The van der Waals surface area contributed by atoms with Crippen LogP contribution in [-0.4, -0.2) is 6.54 Å². The van der Waals surface area contributed by atoms with Crippen LogP contribution in [0.2, 0.25) is 0 Å². The van der Waals surface area contributed by atoms with Crippen LogP contribution < -0.4 is 5.73 Å². The van der Waals surface area contributed by atoms with Crippen LogP contribution in [0.3, 0.4) is 0 Å². The number of nitrogens with two attached hydrogens (primary N) is 1. The molecular formula is C14H21N. The molecule has 2 rings (SSSR count). The number of hydrogen-bond donors (Lipinski definition) is 1. The molecule has 1 atom stereocenters. The monoisotopic (exact) mass is 203 g/mol. The van der Waals surface area contributed by atoms with Gasteiger partial charge in [0.2, 0.25) is 0 Å². The molecule has 1 saturated carbocycles. The van der Waals surface area contributed by atoms with E-state index in [-0.39, 0.29) is 0 Å². The zero-order valence-electron chi connectivity index (χ0n) is 9.36. The second kappa shape index (κ2) is 5.32. The summed E-state index contributed by atoms with van der Waals surface area (Å²) in [6, 6.07) is 10.8.